The summed E-state index contributed by atoms with van der Waals surface area (Å²) in [6.45, 7) is 5.59. The van der Waals surface area contributed by atoms with Crippen molar-refractivity contribution in [2.75, 3.05) is 4.72 Å². The first-order chi connectivity index (χ1) is 11.6. The number of carbonyl (C=O) groups is 1. The smallest absolute Gasteiger partial charge is 0.253 e. The highest BCUT2D eigenvalue weighted by molar-refractivity contribution is 9.10. The number of sulfonamides is 1. The maximum atomic E-state index is 12.5. The topological polar surface area (TPSA) is 75.3 Å². The standard InChI is InChI=1S/C18H21BrN2O3S/c1-18(2,3)20-17(22)15-10-9-14(19)11-16(15)21-25(23,24)12-13-7-5-4-6-8-13/h4-11,21H,12H2,1-3H3,(H,20,22). The van der Waals surface area contributed by atoms with Crippen molar-refractivity contribution in [1.82, 2.24) is 5.32 Å². The van der Waals surface area contributed by atoms with Gasteiger partial charge in [0.1, 0.15) is 0 Å². The minimum Gasteiger partial charge on any atom is -0.347 e. The van der Waals surface area contributed by atoms with Gasteiger partial charge in [0, 0.05) is 10.0 Å². The summed E-state index contributed by atoms with van der Waals surface area (Å²) >= 11 is 3.31. The molecule has 0 heterocycles. The third-order valence-corrected chi connectivity index (χ3v) is 4.92. The van der Waals surface area contributed by atoms with Crippen LogP contribution in [0.25, 0.3) is 0 Å². The van der Waals surface area contributed by atoms with Crippen LogP contribution in [0.15, 0.2) is 53.0 Å². The first kappa shape index (κ1) is 19.5. The van der Waals surface area contributed by atoms with E-state index in [0.29, 0.717) is 10.0 Å². The molecule has 0 atom stereocenters. The Bertz CT molecular complexity index is 860. The number of rotatable bonds is 5. The molecule has 1 amide bonds. The van der Waals surface area contributed by atoms with Crippen molar-refractivity contribution in [3.63, 3.8) is 0 Å². The molecule has 0 fully saturated rings. The Morgan fingerprint density at radius 2 is 1.72 bits per heavy atom. The fraction of sp³-hybridized carbons (Fsp3) is 0.278. The molecule has 0 aliphatic carbocycles. The molecule has 0 spiro atoms. The predicted molar refractivity (Wildman–Crippen MR) is 104 cm³/mol. The maximum Gasteiger partial charge on any atom is 0.253 e. The summed E-state index contributed by atoms with van der Waals surface area (Å²) in [6, 6.07) is 13.8. The Kier molecular flexibility index (Phi) is 5.90. The molecule has 0 radical (unpaired) electrons. The first-order valence-electron chi connectivity index (χ1n) is 7.72. The van der Waals surface area contributed by atoms with E-state index in [1.165, 1.54) is 0 Å². The molecular formula is C18H21BrN2O3S. The average Bonchev–Trinajstić information content (AvgIpc) is 2.45. The van der Waals surface area contributed by atoms with Crippen molar-refractivity contribution < 1.29 is 13.2 Å². The maximum absolute atomic E-state index is 12.5. The highest BCUT2D eigenvalue weighted by Gasteiger charge is 2.21. The minimum absolute atomic E-state index is 0.166. The highest BCUT2D eigenvalue weighted by Crippen LogP contribution is 2.24. The number of halogens is 1. The fourth-order valence-electron chi connectivity index (χ4n) is 2.20. The normalized spacial score (nSPS) is 11.8. The van der Waals surface area contributed by atoms with Gasteiger partial charge in [0.15, 0.2) is 0 Å². The van der Waals surface area contributed by atoms with E-state index in [4.69, 9.17) is 0 Å². The number of carbonyl (C=O) groups excluding carboxylic acids is 1. The summed E-state index contributed by atoms with van der Waals surface area (Å²) < 4.78 is 28.2. The van der Waals surface area contributed by atoms with Crippen LogP contribution in [0, 0.1) is 0 Å². The highest BCUT2D eigenvalue weighted by atomic mass is 79.9. The Hall–Kier alpha value is -1.86. The van der Waals surface area contributed by atoms with Gasteiger partial charge in [0.2, 0.25) is 10.0 Å². The van der Waals surface area contributed by atoms with Crippen molar-refractivity contribution in [3.8, 4) is 0 Å². The summed E-state index contributed by atoms with van der Waals surface area (Å²) in [5, 5.41) is 2.84. The minimum atomic E-state index is -3.65. The third kappa shape index (κ3) is 6.17. The molecule has 0 aliphatic rings. The van der Waals surface area contributed by atoms with Crippen LogP contribution in [0.1, 0.15) is 36.7 Å². The lowest BCUT2D eigenvalue weighted by atomic mass is 10.1. The SMILES string of the molecule is CC(C)(C)NC(=O)c1ccc(Br)cc1NS(=O)(=O)Cc1ccccc1. The lowest BCUT2D eigenvalue weighted by Gasteiger charge is -2.22. The van der Waals surface area contributed by atoms with Gasteiger partial charge in [-0.1, -0.05) is 46.3 Å². The summed E-state index contributed by atoms with van der Waals surface area (Å²) in [5.41, 5.74) is 0.761. The molecule has 25 heavy (non-hydrogen) atoms. The van der Waals surface area contributed by atoms with Crippen LogP contribution in [-0.4, -0.2) is 19.9 Å². The van der Waals surface area contributed by atoms with Crippen LogP contribution in [0.2, 0.25) is 0 Å². The monoisotopic (exact) mass is 424 g/mol. The molecule has 0 aliphatic heterocycles. The van der Waals surface area contributed by atoms with E-state index in [2.05, 4.69) is 26.0 Å². The van der Waals surface area contributed by atoms with Gasteiger partial charge in [-0.3, -0.25) is 9.52 Å². The van der Waals surface area contributed by atoms with Crippen LogP contribution in [0.5, 0.6) is 0 Å². The number of nitrogens with one attached hydrogen (secondary N) is 2. The van der Waals surface area contributed by atoms with E-state index in [-0.39, 0.29) is 22.9 Å². The van der Waals surface area contributed by atoms with Crippen molar-refractivity contribution in [2.45, 2.75) is 32.1 Å². The Balaban J connectivity index is 2.29. The van der Waals surface area contributed by atoms with Crippen LogP contribution in [0.3, 0.4) is 0 Å². The van der Waals surface area contributed by atoms with E-state index >= 15 is 0 Å². The van der Waals surface area contributed by atoms with Crippen LogP contribution < -0.4 is 10.0 Å². The van der Waals surface area contributed by atoms with Gasteiger partial charge >= 0.3 is 0 Å². The van der Waals surface area contributed by atoms with Crippen LogP contribution in [0.4, 0.5) is 5.69 Å². The van der Waals surface area contributed by atoms with Gasteiger partial charge < -0.3 is 5.32 Å². The van der Waals surface area contributed by atoms with Gasteiger partial charge in [-0.25, -0.2) is 8.42 Å². The van der Waals surface area contributed by atoms with Gasteiger partial charge in [-0.2, -0.15) is 0 Å². The lowest BCUT2D eigenvalue weighted by molar-refractivity contribution is 0.0920. The van der Waals surface area contributed by atoms with Gasteiger partial charge in [0.25, 0.3) is 5.91 Å². The Labute approximate surface area is 157 Å². The molecule has 7 heteroatoms. The second kappa shape index (κ2) is 7.58. The largest absolute Gasteiger partial charge is 0.347 e. The average molecular weight is 425 g/mol. The van der Waals surface area contributed by atoms with Crippen molar-refractivity contribution in [3.05, 3.63) is 64.1 Å². The molecule has 5 nitrogen and oxygen atoms in total. The van der Waals surface area contributed by atoms with Gasteiger partial charge in [-0.15, -0.1) is 0 Å². The summed E-state index contributed by atoms with van der Waals surface area (Å²) in [6.07, 6.45) is 0. The van der Waals surface area contributed by atoms with Crippen LogP contribution in [-0.2, 0) is 15.8 Å². The number of hydrogen-bond donors (Lipinski definition) is 2. The number of amides is 1. The van der Waals surface area contributed by atoms with Crippen molar-refractivity contribution in [1.29, 1.82) is 0 Å². The number of hydrogen-bond acceptors (Lipinski definition) is 3. The molecule has 0 aromatic heterocycles. The number of benzene rings is 2. The van der Waals surface area contributed by atoms with E-state index in [1.54, 1.807) is 42.5 Å². The lowest BCUT2D eigenvalue weighted by Crippen LogP contribution is -2.40. The molecule has 2 aromatic carbocycles. The van der Waals surface area contributed by atoms with Crippen LogP contribution >= 0.6 is 15.9 Å². The number of anilines is 1. The molecule has 134 valence electrons. The van der Waals surface area contributed by atoms with E-state index in [1.807, 2.05) is 26.8 Å². The molecule has 0 saturated heterocycles. The molecule has 0 saturated carbocycles. The van der Waals surface area contributed by atoms with E-state index in [0.717, 1.165) is 0 Å². The summed E-state index contributed by atoms with van der Waals surface area (Å²) in [4.78, 5) is 12.5. The quantitative estimate of drug-likeness (QED) is 0.763. The first-order valence-corrected chi connectivity index (χ1v) is 10.2. The van der Waals surface area contributed by atoms with Gasteiger partial charge in [-0.05, 0) is 44.5 Å². The molecular weight excluding hydrogens is 404 g/mol. The zero-order valence-corrected chi connectivity index (χ0v) is 16.7. The van der Waals surface area contributed by atoms with E-state index in [9.17, 15) is 13.2 Å². The molecule has 2 N–H and O–H groups in total. The Morgan fingerprint density at radius 3 is 2.32 bits per heavy atom. The Morgan fingerprint density at radius 1 is 1.08 bits per heavy atom. The fourth-order valence-corrected chi connectivity index (χ4v) is 3.77. The molecule has 2 aromatic rings. The third-order valence-electron chi connectivity index (χ3n) is 3.18. The zero-order valence-electron chi connectivity index (χ0n) is 14.3. The van der Waals surface area contributed by atoms with Gasteiger partial charge in [0.05, 0.1) is 17.0 Å². The van der Waals surface area contributed by atoms with Crippen molar-refractivity contribution >= 4 is 37.5 Å². The van der Waals surface area contributed by atoms with Crippen molar-refractivity contribution in [2.24, 2.45) is 0 Å². The predicted octanol–water partition coefficient (Wildman–Crippen LogP) is 3.92. The summed E-state index contributed by atoms with van der Waals surface area (Å²) in [5.74, 6) is -0.502. The van der Waals surface area contributed by atoms with E-state index < -0.39 is 15.6 Å². The summed E-state index contributed by atoms with van der Waals surface area (Å²) in [7, 11) is -3.65. The molecule has 2 rings (SSSR count). The second-order valence-corrected chi connectivity index (χ2v) is 9.38. The molecule has 0 unspecified atom stereocenters. The zero-order chi connectivity index (χ0) is 18.7. The second-order valence-electron chi connectivity index (χ2n) is 6.74. The molecule has 0 bridgehead atoms.